The maximum absolute atomic E-state index is 6.22. The van der Waals surface area contributed by atoms with Crippen LogP contribution >= 0.6 is 22.6 Å². The summed E-state index contributed by atoms with van der Waals surface area (Å²) in [7, 11) is 0. The number of rotatable bonds is 3. The minimum atomic E-state index is 0.0776. The maximum Gasteiger partial charge on any atom is 0.0335 e. The summed E-state index contributed by atoms with van der Waals surface area (Å²) >= 11 is 2.31. The molecule has 2 heteroatoms. The molecule has 1 atom stereocenters. The van der Waals surface area contributed by atoms with Crippen LogP contribution in [0.1, 0.15) is 22.7 Å². The molecule has 88 valence electrons. The predicted molar refractivity (Wildman–Crippen MR) is 81.0 cm³/mol. The van der Waals surface area contributed by atoms with Gasteiger partial charge < -0.3 is 5.73 Å². The predicted octanol–water partition coefficient (Wildman–Crippen LogP) is 3.84. The van der Waals surface area contributed by atoms with E-state index in [-0.39, 0.29) is 6.04 Å². The number of hydrogen-bond donors (Lipinski definition) is 1. The highest BCUT2D eigenvalue weighted by Gasteiger charge is 2.06. The van der Waals surface area contributed by atoms with E-state index in [9.17, 15) is 0 Å². The van der Waals surface area contributed by atoms with Crippen molar-refractivity contribution in [2.75, 3.05) is 0 Å². The largest absolute Gasteiger partial charge is 0.324 e. The Kier molecular flexibility index (Phi) is 4.18. The number of nitrogens with two attached hydrogens (primary N) is 1. The number of halogens is 1. The van der Waals surface area contributed by atoms with E-state index in [0.717, 1.165) is 6.42 Å². The molecule has 0 aliphatic carbocycles. The van der Waals surface area contributed by atoms with Gasteiger partial charge in [-0.15, -0.1) is 0 Å². The van der Waals surface area contributed by atoms with Gasteiger partial charge in [0, 0.05) is 9.61 Å². The first-order valence-corrected chi connectivity index (χ1v) is 6.79. The molecule has 0 bridgehead atoms. The average Bonchev–Trinajstić information content (AvgIpc) is 2.29. The Morgan fingerprint density at radius 3 is 2.47 bits per heavy atom. The van der Waals surface area contributed by atoms with E-state index < -0.39 is 0 Å². The fourth-order valence-electron chi connectivity index (χ4n) is 1.92. The van der Waals surface area contributed by atoms with E-state index in [0.29, 0.717) is 0 Å². The van der Waals surface area contributed by atoms with Crippen LogP contribution in [0, 0.1) is 10.5 Å². The van der Waals surface area contributed by atoms with E-state index in [2.05, 4.69) is 78.0 Å². The van der Waals surface area contributed by atoms with Crippen molar-refractivity contribution in [3.63, 3.8) is 0 Å². The molecule has 0 spiro atoms. The van der Waals surface area contributed by atoms with E-state index in [4.69, 9.17) is 5.73 Å². The Balaban J connectivity index is 2.11. The fraction of sp³-hybridized carbons (Fsp3) is 0.200. The lowest BCUT2D eigenvalue weighted by Crippen LogP contribution is -2.13. The molecule has 0 heterocycles. The van der Waals surface area contributed by atoms with Crippen molar-refractivity contribution < 1.29 is 0 Å². The molecule has 0 aliphatic rings. The Morgan fingerprint density at radius 2 is 1.82 bits per heavy atom. The van der Waals surface area contributed by atoms with Crippen molar-refractivity contribution in [3.8, 4) is 0 Å². The molecule has 1 nitrogen and oxygen atoms in total. The molecule has 0 saturated carbocycles. The third-order valence-electron chi connectivity index (χ3n) is 2.84. The van der Waals surface area contributed by atoms with Gasteiger partial charge in [-0.3, -0.25) is 0 Å². The third-order valence-corrected chi connectivity index (χ3v) is 3.56. The molecule has 17 heavy (non-hydrogen) atoms. The Morgan fingerprint density at radius 1 is 1.12 bits per heavy atom. The lowest BCUT2D eigenvalue weighted by Gasteiger charge is -2.12. The number of benzene rings is 2. The maximum atomic E-state index is 6.22. The van der Waals surface area contributed by atoms with Crippen LogP contribution in [0.3, 0.4) is 0 Å². The Bertz CT molecular complexity index is 491. The summed E-state index contributed by atoms with van der Waals surface area (Å²) in [4.78, 5) is 0. The van der Waals surface area contributed by atoms with E-state index in [1.165, 1.54) is 20.3 Å². The first-order valence-electron chi connectivity index (χ1n) is 5.72. The molecule has 0 amide bonds. The van der Waals surface area contributed by atoms with Crippen molar-refractivity contribution in [1.82, 2.24) is 0 Å². The van der Waals surface area contributed by atoms with Gasteiger partial charge in [0.05, 0.1) is 0 Å². The van der Waals surface area contributed by atoms with Gasteiger partial charge in [0.25, 0.3) is 0 Å². The first kappa shape index (κ1) is 12.6. The summed E-state index contributed by atoms with van der Waals surface area (Å²) in [6.07, 6.45) is 0.891. The standard InChI is InChI=1S/C15H16IN/c1-11-3-2-4-12(9-11)10-15(17)13-5-7-14(16)8-6-13/h2-9,15H,10,17H2,1H3. The Labute approximate surface area is 116 Å². The Hall–Kier alpha value is -0.870. The molecular formula is C15H16IN. The average molecular weight is 337 g/mol. The zero-order valence-electron chi connectivity index (χ0n) is 9.86. The van der Waals surface area contributed by atoms with Crippen molar-refractivity contribution in [2.24, 2.45) is 5.73 Å². The van der Waals surface area contributed by atoms with Crippen LogP contribution in [0.5, 0.6) is 0 Å². The van der Waals surface area contributed by atoms with Crippen LogP contribution < -0.4 is 5.73 Å². The van der Waals surface area contributed by atoms with Crippen molar-refractivity contribution in [1.29, 1.82) is 0 Å². The molecule has 2 N–H and O–H groups in total. The molecule has 0 aliphatic heterocycles. The van der Waals surface area contributed by atoms with Crippen LogP contribution in [0.25, 0.3) is 0 Å². The zero-order valence-corrected chi connectivity index (χ0v) is 12.0. The SMILES string of the molecule is Cc1cccc(CC(N)c2ccc(I)cc2)c1. The lowest BCUT2D eigenvalue weighted by molar-refractivity contribution is 0.721. The molecule has 2 aromatic rings. The molecule has 0 aromatic heterocycles. The van der Waals surface area contributed by atoms with Gasteiger partial charge in [-0.05, 0) is 59.2 Å². The van der Waals surface area contributed by atoms with Gasteiger partial charge in [-0.1, -0.05) is 42.0 Å². The van der Waals surface area contributed by atoms with Crippen LogP contribution in [-0.2, 0) is 6.42 Å². The quantitative estimate of drug-likeness (QED) is 0.846. The second-order valence-corrected chi connectivity index (χ2v) is 5.60. The minimum Gasteiger partial charge on any atom is -0.324 e. The van der Waals surface area contributed by atoms with Crippen LogP contribution in [0.2, 0.25) is 0 Å². The van der Waals surface area contributed by atoms with Crippen molar-refractivity contribution >= 4 is 22.6 Å². The molecule has 2 aromatic carbocycles. The molecule has 0 radical (unpaired) electrons. The lowest BCUT2D eigenvalue weighted by atomic mass is 9.99. The number of aryl methyl sites for hydroxylation is 1. The number of hydrogen-bond acceptors (Lipinski definition) is 1. The summed E-state index contributed by atoms with van der Waals surface area (Å²) in [5.74, 6) is 0. The summed E-state index contributed by atoms with van der Waals surface area (Å²) < 4.78 is 1.24. The zero-order chi connectivity index (χ0) is 12.3. The van der Waals surface area contributed by atoms with Gasteiger partial charge in [0.2, 0.25) is 0 Å². The molecule has 0 saturated heterocycles. The summed E-state index contributed by atoms with van der Waals surface area (Å²) in [6.45, 7) is 2.11. The van der Waals surface area contributed by atoms with Gasteiger partial charge in [-0.2, -0.15) is 0 Å². The van der Waals surface area contributed by atoms with Crippen LogP contribution in [0.4, 0.5) is 0 Å². The molecule has 1 unspecified atom stereocenters. The van der Waals surface area contributed by atoms with Gasteiger partial charge in [-0.25, -0.2) is 0 Å². The van der Waals surface area contributed by atoms with Crippen LogP contribution in [-0.4, -0.2) is 0 Å². The van der Waals surface area contributed by atoms with E-state index >= 15 is 0 Å². The highest BCUT2D eigenvalue weighted by molar-refractivity contribution is 14.1. The molecular weight excluding hydrogens is 321 g/mol. The monoisotopic (exact) mass is 337 g/mol. The third kappa shape index (κ3) is 3.54. The second-order valence-electron chi connectivity index (χ2n) is 4.35. The minimum absolute atomic E-state index is 0.0776. The fourth-order valence-corrected chi connectivity index (χ4v) is 2.28. The molecule has 2 rings (SSSR count). The van der Waals surface area contributed by atoms with E-state index in [1.54, 1.807) is 0 Å². The highest BCUT2D eigenvalue weighted by Crippen LogP contribution is 2.18. The summed E-state index contributed by atoms with van der Waals surface area (Å²) in [6, 6.07) is 17.0. The normalized spacial score (nSPS) is 12.4. The summed E-state index contributed by atoms with van der Waals surface area (Å²) in [5, 5.41) is 0. The summed E-state index contributed by atoms with van der Waals surface area (Å²) in [5.41, 5.74) is 10.0. The second kappa shape index (κ2) is 5.65. The van der Waals surface area contributed by atoms with Gasteiger partial charge in [0.1, 0.15) is 0 Å². The first-order chi connectivity index (χ1) is 8.15. The van der Waals surface area contributed by atoms with Crippen molar-refractivity contribution in [3.05, 3.63) is 68.8 Å². The topological polar surface area (TPSA) is 26.0 Å². The van der Waals surface area contributed by atoms with Gasteiger partial charge >= 0.3 is 0 Å². The van der Waals surface area contributed by atoms with Crippen LogP contribution in [0.15, 0.2) is 48.5 Å². The van der Waals surface area contributed by atoms with Crippen molar-refractivity contribution in [2.45, 2.75) is 19.4 Å². The van der Waals surface area contributed by atoms with Gasteiger partial charge in [0.15, 0.2) is 0 Å². The highest BCUT2D eigenvalue weighted by atomic mass is 127. The van der Waals surface area contributed by atoms with E-state index in [1.807, 2.05) is 0 Å². The smallest absolute Gasteiger partial charge is 0.0335 e. The molecule has 0 fully saturated rings.